The van der Waals surface area contributed by atoms with Crippen LogP contribution in [0.25, 0.3) is 11.6 Å². The highest BCUT2D eigenvalue weighted by molar-refractivity contribution is 6.30. The molecule has 0 unspecified atom stereocenters. The van der Waals surface area contributed by atoms with E-state index in [0.717, 1.165) is 0 Å². The molecular weight excluding hydrogens is 294 g/mol. The molecule has 2 aromatic rings. The second-order valence-corrected chi connectivity index (χ2v) is 4.66. The van der Waals surface area contributed by atoms with Gasteiger partial charge in [-0.3, -0.25) is 10.1 Å². The van der Waals surface area contributed by atoms with Gasteiger partial charge in [0, 0.05) is 17.2 Å². The van der Waals surface area contributed by atoms with Gasteiger partial charge in [-0.05, 0) is 41.5 Å². The van der Waals surface area contributed by atoms with Crippen molar-refractivity contribution in [3.63, 3.8) is 0 Å². The van der Waals surface area contributed by atoms with Gasteiger partial charge in [0.2, 0.25) is 0 Å². The predicted octanol–water partition coefficient (Wildman–Crippen LogP) is 3.87. The molecule has 21 heavy (non-hydrogen) atoms. The Morgan fingerprint density at radius 3 is 2.38 bits per heavy atom. The molecule has 2 rings (SSSR count). The van der Waals surface area contributed by atoms with Gasteiger partial charge in [-0.25, -0.2) is 4.79 Å². The Hall–Kier alpha value is -2.66. The first kappa shape index (κ1) is 14.7. The van der Waals surface area contributed by atoms with Crippen LogP contribution < -0.4 is 0 Å². The standard InChI is InChI=1S/C15H10ClNO4/c16-12-3-1-2-10(8-12)9-14(15(18)19)11-4-6-13(7-5-11)17(20)21/h1-9H,(H,18,19)/b14-9+. The molecule has 0 fully saturated rings. The summed E-state index contributed by atoms with van der Waals surface area (Å²) in [6.07, 6.45) is 1.47. The monoisotopic (exact) mass is 303 g/mol. The number of halogens is 1. The van der Waals surface area contributed by atoms with E-state index in [1.54, 1.807) is 24.3 Å². The topological polar surface area (TPSA) is 80.4 Å². The number of nitro groups is 1. The van der Waals surface area contributed by atoms with Gasteiger partial charge in [0.15, 0.2) is 0 Å². The third-order valence-electron chi connectivity index (χ3n) is 2.78. The maximum absolute atomic E-state index is 11.4. The van der Waals surface area contributed by atoms with E-state index in [-0.39, 0.29) is 11.3 Å². The van der Waals surface area contributed by atoms with Crippen molar-refractivity contribution in [2.45, 2.75) is 0 Å². The zero-order valence-electron chi connectivity index (χ0n) is 10.7. The van der Waals surface area contributed by atoms with Gasteiger partial charge in [0.05, 0.1) is 10.5 Å². The average Bonchev–Trinajstić information content (AvgIpc) is 2.44. The van der Waals surface area contributed by atoms with Crippen LogP contribution in [0.3, 0.4) is 0 Å². The number of carboxylic acids is 1. The van der Waals surface area contributed by atoms with Crippen molar-refractivity contribution < 1.29 is 14.8 Å². The van der Waals surface area contributed by atoms with Gasteiger partial charge in [0.25, 0.3) is 5.69 Å². The van der Waals surface area contributed by atoms with Crippen molar-refractivity contribution in [3.8, 4) is 0 Å². The maximum atomic E-state index is 11.4. The smallest absolute Gasteiger partial charge is 0.336 e. The number of nitrogens with zero attached hydrogens (tertiary/aromatic N) is 1. The highest BCUT2D eigenvalue weighted by Gasteiger charge is 2.12. The van der Waals surface area contributed by atoms with E-state index < -0.39 is 10.9 Å². The molecule has 0 spiro atoms. The van der Waals surface area contributed by atoms with Gasteiger partial charge >= 0.3 is 5.97 Å². The van der Waals surface area contributed by atoms with E-state index >= 15 is 0 Å². The summed E-state index contributed by atoms with van der Waals surface area (Å²) in [5.41, 5.74) is 0.963. The fraction of sp³-hybridized carbons (Fsp3) is 0. The molecule has 0 atom stereocenters. The Morgan fingerprint density at radius 1 is 1.19 bits per heavy atom. The molecule has 0 aliphatic rings. The number of hydrogen-bond donors (Lipinski definition) is 1. The number of aliphatic carboxylic acids is 1. The minimum atomic E-state index is -1.12. The molecule has 0 aliphatic carbocycles. The summed E-state index contributed by atoms with van der Waals surface area (Å²) in [6, 6.07) is 12.1. The molecule has 106 valence electrons. The second-order valence-electron chi connectivity index (χ2n) is 4.22. The van der Waals surface area contributed by atoms with E-state index in [9.17, 15) is 20.0 Å². The zero-order valence-corrected chi connectivity index (χ0v) is 11.4. The largest absolute Gasteiger partial charge is 0.478 e. The SMILES string of the molecule is O=C(O)/C(=C/c1cccc(Cl)c1)c1ccc([N+](=O)[O-])cc1. The lowest BCUT2D eigenvalue weighted by Gasteiger charge is -2.03. The average molecular weight is 304 g/mol. The molecular formula is C15H10ClNO4. The Morgan fingerprint density at radius 2 is 1.86 bits per heavy atom. The second kappa shape index (κ2) is 6.19. The van der Waals surface area contributed by atoms with Crippen LogP contribution in [-0.2, 0) is 4.79 Å². The Labute approximate surface area is 125 Å². The normalized spacial score (nSPS) is 11.2. The fourth-order valence-corrected chi connectivity index (χ4v) is 1.99. The van der Waals surface area contributed by atoms with Crippen molar-refractivity contribution >= 4 is 34.9 Å². The van der Waals surface area contributed by atoms with Crippen molar-refractivity contribution in [2.75, 3.05) is 0 Å². The van der Waals surface area contributed by atoms with Crippen LogP contribution in [0.15, 0.2) is 48.5 Å². The lowest BCUT2D eigenvalue weighted by molar-refractivity contribution is -0.384. The Bertz CT molecular complexity index is 723. The molecule has 0 aromatic heterocycles. The van der Waals surface area contributed by atoms with Crippen molar-refractivity contribution in [3.05, 3.63) is 74.8 Å². The minimum absolute atomic E-state index is 0.0344. The molecule has 0 radical (unpaired) electrons. The predicted molar refractivity (Wildman–Crippen MR) is 80.1 cm³/mol. The quantitative estimate of drug-likeness (QED) is 0.402. The molecule has 5 nitrogen and oxygen atoms in total. The third kappa shape index (κ3) is 3.67. The first-order valence-electron chi connectivity index (χ1n) is 5.93. The summed E-state index contributed by atoms with van der Waals surface area (Å²) < 4.78 is 0. The zero-order chi connectivity index (χ0) is 15.4. The van der Waals surface area contributed by atoms with Crippen LogP contribution in [0.1, 0.15) is 11.1 Å². The van der Waals surface area contributed by atoms with E-state index in [2.05, 4.69) is 0 Å². The van der Waals surface area contributed by atoms with Gasteiger partial charge in [-0.1, -0.05) is 23.7 Å². The molecule has 0 saturated carbocycles. The first-order valence-corrected chi connectivity index (χ1v) is 6.30. The molecule has 2 aromatic carbocycles. The minimum Gasteiger partial charge on any atom is -0.478 e. The van der Waals surface area contributed by atoms with Crippen LogP contribution in [0.4, 0.5) is 5.69 Å². The van der Waals surface area contributed by atoms with Crippen LogP contribution in [0.2, 0.25) is 5.02 Å². The number of hydrogen-bond acceptors (Lipinski definition) is 3. The highest BCUT2D eigenvalue weighted by Crippen LogP contribution is 2.22. The summed E-state index contributed by atoms with van der Waals surface area (Å²) in [7, 11) is 0. The molecule has 0 saturated heterocycles. The molecule has 0 amide bonds. The summed E-state index contributed by atoms with van der Waals surface area (Å²) in [4.78, 5) is 21.4. The van der Waals surface area contributed by atoms with Crippen molar-refractivity contribution in [1.29, 1.82) is 0 Å². The summed E-state index contributed by atoms with van der Waals surface area (Å²) in [5, 5.41) is 20.4. The van der Waals surface area contributed by atoms with Crippen LogP contribution in [-0.4, -0.2) is 16.0 Å². The Kier molecular flexibility index (Phi) is 4.35. The third-order valence-corrected chi connectivity index (χ3v) is 3.01. The lowest BCUT2D eigenvalue weighted by atomic mass is 10.0. The van der Waals surface area contributed by atoms with Gasteiger partial charge < -0.3 is 5.11 Å². The summed E-state index contributed by atoms with van der Waals surface area (Å²) >= 11 is 5.86. The van der Waals surface area contributed by atoms with Gasteiger partial charge in [-0.2, -0.15) is 0 Å². The van der Waals surface area contributed by atoms with Crippen LogP contribution in [0, 0.1) is 10.1 Å². The summed E-state index contributed by atoms with van der Waals surface area (Å²) in [6.45, 7) is 0. The van der Waals surface area contributed by atoms with Gasteiger partial charge in [-0.15, -0.1) is 0 Å². The Balaban J connectivity index is 2.44. The molecule has 6 heteroatoms. The van der Waals surface area contributed by atoms with Crippen molar-refractivity contribution in [1.82, 2.24) is 0 Å². The van der Waals surface area contributed by atoms with E-state index in [1.807, 2.05) is 0 Å². The summed E-state index contributed by atoms with van der Waals surface area (Å²) in [5.74, 6) is -1.12. The molecule has 0 heterocycles. The van der Waals surface area contributed by atoms with Crippen LogP contribution in [0.5, 0.6) is 0 Å². The lowest BCUT2D eigenvalue weighted by Crippen LogP contribution is -2.00. The number of benzene rings is 2. The number of carbonyl (C=O) groups is 1. The molecule has 0 aliphatic heterocycles. The number of rotatable bonds is 4. The van der Waals surface area contributed by atoms with E-state index in [4.69, 9.17) is 11.6 Å². The van der Waals surface area contributed by atoms with Crippen LogP contribution >= 0.6 is 11.6 Å². The maximum Gasteiger partial charge on any atom is 0.336 e. The number of nitro benzene ring substituents is 1. The van der Waals surface area contributed by atoms with Crippen molar-refractivity contribution in [2.24, 2.45) is 0 Å². The molecule has 1 N–H and O–H groups in total. The van der Waals surface area contributed by atoms with Gasteiger partial charge in [0.1, 0.15) is 0 Å². The highest BCUT2D eigenvalue weighted by atomic mass is 35.5. The number of non-ortho nitro benzene ring substituents is 1. The first-order chi connectivity index (χ1) is 9.97. The number of carboxylic acid groups (broad SMARTS) is 1. The molecule has 0 bridgehead atoms. The fourth-order valence-electron chi connectivity index (χ4n) is 1.79. The van der Waals surface area contributed by atoms with E-state index in [1.165, 1.54) is 30.3 Å². The van der Waals surface area contributed by atoms with E-state index in [0.29, 0.717) is 16.1 Å².